The first-order valence-corrected chi connectivity index (χ1v) is 8.30. The molecule has 1 amide bonds. The summed E-state index contributed by atoms with van der Waals surface area (Å²) >= 11 is 1.73. The Bertz CT molecular complexity index is 588. The summed E-state index contributed by atoms with van der Waals surface area (Å²) in [6.07, 6.45) is 4.06. The summed E-state index contributed by atoms with van der Waals surface area (Å²) in [6, 6.07) is 8.60. The van der Waals surface area contributed by atoms with Crippen molar-refractivity contribution >= 4 is 29.7 Å². The zero-order valence-electron chi connectivity index (χ0n) is 12.7. The molecule has 1 N–H and O–H groups in total. The summed E-state index contributed by atoms with van der Waals surface area (Å²) < 4.78 is 2.05. The minimum Gasteiger partial charge on any atom is -0.338 e. The Balaban J connectivity index is 0.00000176. The quantitative estimate of drug-likeness (QED) is 0.930. The molecule has 1 aliphatic heterocycles. The molecule has 0 aromatic carbocycles. The van der Waals surface area contributed by atoms with Crippen LogP contribution in [0.15, 0.2) is 35.8 Å². The van der Waals surface area contributed by atoms with Crippen LogP contribution in [0.25, 0.3) is 0 Å². The molecule has 0 bridgehead atoms. The number of amides is 1. The molecular weight excluding hydrogens is 318 g/mol. The fraction of sp³-hybridized carbons (Fsp3) is 0.438. The SMILES string of the molecule is CNC1CCN(C(=O)c2cccn2Cc2cccs2)CC1.Cl. The molecule has 4 nitrogen and oxygen atoms in total. The van der Waals surface area contributed by atoms with Crippen LogP contribution in [-0.4, -0.2) is 41.6 Å². The van der Waals surface area contributed by atoms with Crippen LogP contribution in [0.2, 0.25) is 0 Å². The third kappa shape index (κ3) is 3.72. The van der Waals surface area contributed by atoms with Crippen LogP contribution < -0.4 is 5.32 Å². The molecule has 3 rings (SSSR count). The highest BCUT2D eigenvalue weighted by Crippen LogP contribution is 2.17. The van der Waals surface area contributed by atoms with E-state index in [2.05, 4.69) is 21.3 Å². The highest BCUT2D eigenvalue weighted by atomic mass is 35.5. The van der Waals surface area contributed by atoms with Crippen LogP contribution in [0.3, 0.4) is 0 Å². The Labute approximate surface area is 141 Å². The maximum atomic E-state index is 12.7. The van der Waals surface area contributed by atoms with E-state index in [-0.39, 0.29) is 18.3 Å². The molecular formula is C16H22ClN3OS. The Morgan fingerprint density at radius 3 is 2.73 bits per heavy atom. The zero-order chi connectivity index (χ0) is 14.7. The molecule has 6 heteroatoms. The van der Waals surface area contributed by atoms with Crippen molar-refractivity contribution in [2.45, 2.75) is 25.4 Å². The number of carbonyl (C=O) groups excluding carboxylic acids is 1. The highest BCUT2D eigenvalue weighted by molar-refractivity contribution is 7.09. The van der Waals surface area contributed by atoms with Gasteiger partial charge in [0.1, 0.15) is 5.69 Å². The lowest BCUT2D eigenvalue weighted by Crippen LogP contribution is -2.44. The second-order valence-corrected chi connectivity index (χ2v) is 6.49. The minimum atomic E-state index is 0. The van der Waals surface area contributed by atoms with Crippen LogP contribution in [0.1, 0.15) is 28.2 Å². The van der Waals surface area contributed by atoms with Crippen molar-refractivity contribution in [1.82, 2.24) is 14.8 Å². The van der Waals surface area contributed by atoms with Gasteiger partial charge in [-0.25, -0.2) is 0 Å². The summed E-state index contributed by atoms with van der Waals surface area (Å²) in [4.78, 5) is 15.9. The van der Waals surface area contributed by atoms with Crippen LogP contribution in [0, 0.1) is 0 Å². The van der Waals surface area contributed by atoms with Crippen LogP contribution >= 0.6 is 23.7 Å². The van der Waals surface area contributed by atoms with E-state index in [0.29, 0.717) is 6.04 Å². The van der Waals surface area contributed by atoms with Gasteiger partial charge in [-0.1, -0.05) is 6.07 Å². The number of thiophene rings is 1. The first kappa shape index (κ1) is 17.1. The van der Waals surface area contributed by atoms with Gasteiger partial charge in [-0.2, -0.15) is 0 Å². The second kappa shape index (κ2) is 7.81. The Morgan fingerprint density at radius 2 is 2.09 bits per heavy atom. The fourth-order valence-corrected chi connectivity index (χ4v) is 3.55. The normalized spacial score (nSPS) is 15.6. The minimum absolute atomic E-state index is 0. The number of nitrogens with one attached hydrogen (secondary N) is 1. The third-order valence-electron chi connectivity index (χ3n) is 4.15. The summed E-state index contributed by atoms with van der Waals surface area (Å²) in [6.45, 7) is 2.46. The van der Waals surface area contributed by atoms with Crippen LogP contribution in [0.5, 0.6) is 0 Å². The maximum Gasteiger partial charge on any atom is 0.270 e. The smallest absolute Gasteiger partial charge is 0.270 e. The van der Waals surface area contributed by atoms with Gasteiger partial charge in [0.2, 0.25) is 0 Å². The number of halogens is 1. The van der Waals surface area contributed by atoms with E-state index in [0.717, 1.165) is 38.2 Å². The number of aromatic nitrogens is 1. The predicted octanol–water partition coefficient (Wildman–Crippen LogP) is 2.84. The van der Waals surface area contributed by atoms with E-state index in [9.17, 15) is 4.79 Å². The lowest BCUT2D eigenvalue weighted by molar-refractivity contribution is 0.0697. The van der Waals surface area contributed by atoms with Gasteiger partial charge in [0.25, 0.3) is 5.91 Å². The fourth-order valence-electron chi connectivity index (χ4n) is 2.85. The van der Waals surface area contributed by atoms with Gasteiger partial charge >= 0.3 is 0 Å². The Hall–Kier alpha value is -1.30. The van der Waals surface area contributed by atoms with Gasteiger partial charge in [0.05, 0.1) is 6.54 Å². The number of likely N-dealkylation sites (tertiary alicyclic amines) is 1. The number of carbonyl (C=O) groups is 1. The number of piperidine rings is 1. The molecule has 0 saturated carbocycles. The van der Waals surface area contributed by atoms with Crippen molar-refractivity contribution in [3.8, 4) is 0 Å². The molecule has 1 saturated heterocycles. The van der Waals surface area contributed by atoms with E-state index in [1.54, 1.807) is 11.3 Å². The average Bonchev–Trinajstić information content (AvgIpc) is 3.19. The summed E-state index contributed by atoms with van der Waals surface area (Å²) in [5.41, 5.74) is 0.798. The van der Waals surface area contributed by atoms with E-state index in [4.69, 9.17) is 0 Å². The van der Waals surface area contributed by atoms with Gasteiger partial charge in [0.15, 0.2) is 0 Å². The molecule has 3 heterocycles. The van der Waals surface area contributed by atoms with Crippen molar-refractivity contribution in [3.63, 3.8) is 0 Å². The van der Waals surface area contributed by atoms with Crippen molar-refractivity contribution in [2.24, 2.45) is 0 Å². The molecule has 0 unspecified atom stereocenters. The monoisotopic (exact) mass is 339 g/mol. The van der Waals surface area contributed by atoms with Crippen molar-refractivity contribution in [2.75, 3.05) is 20.1 Å². The van der Waals surface area contributed by atoms with E-state index < -0.39 is 0 Å². The molecule has 2 aromatic rings. The first-order valence-electron chi connectivity index (χ1n) is 7.42. The van der Waals surface area contributed by atoms with Gasteiger partial charge < -0.3 is 14.8 Å². The molecule has 0 spiro atoms. The number of hydrogen-bond acceptors (Lipinski definition) is 3. The highest BCUT2D eigenvalue weighted by Gasteiger charge is 2.24. The van der Waals surface area contributed by atoms with Gasteiger partial charge in [-0.15, -0.1) is 23.7 Å². The van der Waals surface area contributed by atoms with Gasteiger partial charge in [0, 0.05) is 30.2 Å². The second-order valence-electron chi connectivity index (χ2n) is 5.46. The van der Waals surface area contributed by atoms with Gasteiger partial charge in [-0.05, 0) is 43.5 Å². The molecule has 22 heavy (non-hydrogen) atoms. The summed E-state index contributed by atoms with van der Waals surface area (Å²) in [5.74, 6) is 0.158. The number of hydrogen-bond donors (Lipinski definition) is 1. The Kier molecular flexibility index (Phi) is 6.06. The molecule has 0 radical (unpaired) electrons. The standard InChI is InChI=1S/C16H21N3OS.ClH/c1-17-13-6-9-18(10-7-13)16(20)15-5-2-8-19(15)12-14-4-3-11-21-14;/h2-5,8,11,13,17H,6-7,9-10,12H2,1H3;1H. The maximum absolute atomic E-state index is 12.7. The molecule has 1 fully saturated rings. The predicted molar refractivity (Wildman–Crippen MR) is 93.1 cm³/mol. The van der Waals surface area contributed by atoms with Gasteiger partial charge in [-0.3, -0.25) is 4.79 Å². The molecule has 0 aliphatic carbocycles. The summed E-state index contributed by atoms with van der Waals surface area (Å²) in [7, 11) is 1.99. The number of nitrogens with zero attached hydrogens (tertiary/aromatic N) is 2. The van der Waals surface area contributed by atoms with Crippen molar-refractivity contribution in [1.29, 1.82) is 0 Å². The van der Waals surface area contributed by atoms with Crippen LogP contribution in [0.4, 0.5) is 0 Å². The van der Waals surface area contributed by atoms with Crippen molar-refractivity contribution in [3.05, 3.63) is 46.4 Å². The van der Waals surface area contributed by atoms with E-state index in [1.165, 1.54) is 4.88 Å². The third-order valence-corrected chi connectivity index (χ3v) is 5.01. The largest absolute Gasteiger partial charge is 0.338 e. The molecule has 0 atom stereocenters. The molecule has 120 valence electrons. The summed E-state index contributed by atoms with van der Waals surface area (Å²) in [5, 5.41) is 5.37. The zero-order valence-corrected chi connectivity index (χ0v) is 14.3. The van der Waals surface area contributed by atoms with E-state index in [1.807, 2.05) is 36.3 Å². The Morgan fingerprint density at radius 1 is 1.32 bits per heavy atom. The topological polar surface area (TPSA) is 37.3 Å². The molecule has 1 aliphatic rings. The number of rotatable bonds is 4. The van der Waals surface area contributed by atoms with Crippen molar-refractivity contribution < 1.29 is 4.79 Å². The molecule has 2 aromatic heterocycles. The lowest BCUT2D eigenvalue weighted by atomic mass is 10.1. The average molecular weight is 340 g/mol. The van der Waals surface area contributed by atoms with E-state index >= 15 is 0 Å². The lowest BCUT2D eigenvalue weighted by Gasteiger charge is -2.32. The first-order chi connectivity index (χ1) is 10.3. The van der Waals surface area contributed by atoms with Crippen LogP contribution in [-0.2, 0) is 6.54 Å².